The van der Waals surface area contributed by atoms with Crippen LogP contribution in [0.4, 0.5) is 0 Å². The van der Waals surface area contributed by atoms with Crippen molar-refractivity contribution in [2.45, 2.75) is 25.8 Å². The Hall–Kier alpha value is -0.900. The highest BCUT2D eigenvalue weighted by atomic mass is 16.1. The van der Waals surface area contributed by atoms with Gasteiger partial charge in [0.15, 0.2) is 0 Å². The van der Waals surface area contributed by atoms with Crippen LogP contribution in [0.5, 0.6) is 0 Å². The minimum Gasteiger partial charge on any atom is -0.370 e. The molecule has 0 saturated heterocycles. The Morgan fingerprint density at radius 1 is 1.42 bits per heavy atom. The SMILES string of the molecule is CC(=O)C(CCC(N)=O)N(C)C. The van der Waals surface area contributed by atoms with Gasteiger partial charge in [-0.15, -0.1) is 0 Å². The molecule has 0 spiro atoms. The van der Waals surface area contributed by atoms with Crippen molar-refractivity contribution in [1.29, 1.82) is 0 Å². The third-order valence-corrected chi connectivity index (χ3v) is 1.76. The van der Waals surface area contributed by atoms with E-state index in [1.807, 2.05) is 14.1 Å². The molecule has 0 aliphatic carbocycles. The number of Topliss-reactive ketones (excluding diaryl/α,β-unsaturated/α-hetero) is 1. The molecule has 4 nitrogen and oxygen atoms in total. The molecule has 0 aromatic rings. The van der Waals surface area contributed by atoms with E-state index < -0.39 is 0 Å². The van der Waals surface area contributed by atoms with Gasteiger partial charge in [-0.25, -0.2) is 0 Å². The molecule has 0 aliphatic heterocycles. The molecule has 0 fully saturated rings. The van der Waals surface area contributed by atoms with Crippen LogP contribution in [-0.2, 0) is 9.59 Å². The first kappa shape index (κ1) is 11.1. The van der Waals surface area contributed by atoms with Crippen LogP contribution in [-0.4, -0.2) is 36.7 Å². The standard InChI is InChI=1S/C8H16N2O2/c1-6(11)7(10(2)3)4-5-8(9)12/h7H,4-5H2,1-3H3,(H2,9,12). The van der Waals surface area contributed by atoms with Gasteiger partial charge in [-0.3, -0.25) is 14.5 Å². The summed E-state index contributed by atoms with van der Waals surface area (Å²) in [5, 5.41) is 0. The Kier molecular flexibility index (Phi) is 4.51. The van der Waals surface area contributed by atoms with E-state index in [2.05, 4.69) is 0 Å². The molecule has 0 rings (SSSR count). The molecule has 1 unspecified atom stereocenters. The van der Waals surface area contributed by atoms with Gasteiger partial charge in [0.25, 0.3) is 0 Å². The van der Waals surface area contributed by atoms with Gasteiger partial charge in [0.2, 0.25) is 5.91 Å². The van der Waals surface area contributed by atoms with Gasteiger partial charge >= 0.3 is 0 Å². The molecule has 0 heterocycles. The minimum absolute atomic E-state index is 0.0706. The summed E-state index contributed by atoms with van der Waals surface area (Å²) < 4.78 is 0. The number of carbonyl (C=O) groups excluding carboxylic acids is 2. The predicted molar refractivity (Wildman–Crippen MR) is 46.6 cm³/mol. The van der Waals surface area contributed by atoms with Crippen LogP contribution in [0.15, 0.2) is 0 Å². The minimum atomic E-state index is -0.358. The third-order valence-electron chi connectivity index (χ3n) is 1.76. The largest absolute Gasteiger partial charge is 0.370 e. The molecule has 0 aliphatic rings. The lowest BCUT2D eigenvalue weighted by Crippen LogP contribution is -2.35. The predicted octanol–water partition coefficient (Wildman–Crippen LogP) is -0.229. The highest BCUT2D eigenvalue weighted by Crippen LogP contribution is 2.03. The second-order valence-electron chi connectivity index (χ2n) is 3.10. The number of rotatable bonds is 5. The van der Waals surface area contributed by atoms with Crippen LogP contribution in [0.2, 0.25) is 0 Å². The smallest absolute Gasteiger partial charge is 0.217 e. The van der Waals surface area contributed by atoms with E-state index in [9.17, 15) is 9.59 Å². The number of amides is 1. The Morgan fingerprint density at radius 2 is 1.92 bits per heavy atom. The Labute approximate surface area is 72.7 Å². The molecule has 0 aromatic carbocycles. The highest BCUT2D eigenvalue weighted by Gasteiger charge is 2.16. The Balaban J connectivity index is 3.97. The van der Waals surface area contributed by atoms with Crippen LogP contribution < -0.4 is 5.73 Å². The normalized spacial score (nSPS) is 13.0. The van der Waals surface area contributed by atoms with Crippen molar-refractivity contribution >= 4 is 11.7 Å². The molecule has 1 amide bonds. The van der Waals surface area contributed by atoms with Crippen molar-refractivity contribution < 1.29 is 9.59 Å². The first-order chi connectivity index (χ1) is 5.45. The summed E-state index contributed by atoms with van der Waals surface area (Å²) in [5.41, 5.74) is 4.97. The summed E-state index contributed by atoms with van der Waals surface area (Å²) in [6.07, 6.45) is 0.778. The molecule has 0 radical (unpaired) electrons. The summed E-state index contributed by atoms with van der Waals surface area (Å²) >= 11 is 0. The van der Waals surface area contributed by atoms with E-state index in [-0.39, 0.29) is 24.2 Å². The maximum absolute atomic E-state index is 11.0. The van der Waals surface area contributed by atoms with Crippen LogP contribution >= 0.6 is 0 Å². The van der Waals surface area contributed by atoms with E-state index in [1.165, 1.54) is 6.92 Å². The average molecular weight is 172 g/mol. The number of carbonyl (C=O) groups is 2. The van der Waals surface area contributed by atoms with Crippen LogP contribution in [0.25, 0.3) is 0 Å². The summed E-state index contributed by atoms with van der Waals surface area (Å²) in [5.74, 6) is -0.288. The molecule has 0 aromatic heterocycles. The maximum atomic E-state index is 11.0. The number of primary amides is 1. The van der Waals surface area contributed by atoms with Crippen molar-refractivity contribution in [2.24, 2.45) is 5.73 Å². The number of hydrogen-bond donors (Lipinski definition) is 1. The van der Waals surface area contributed by atoms with Crippen LogP contribution in [0.1, 0.15) is 19.8 Å². The first-order valence-electron chi connectivity index (χ1n) is 3.90. The Bertz CT molecular complexity index is 178. The quantitative estimate of drug-likeness (QED) is 0.623. The zero-order valence-electron chi connectivity index (χ0n) is 7.83. The maximum Gasteiger partial charge on any atom is 0.217 e. The zero-order chi connectivity index (χ0) is 9.72. The van der Waals surface area contributed by atoms with E-state index in [0.717, 1.165) is 0 Å². The van der Waals surface area contributed by atoms with Gasteiger partial charge in [0.05, 0.1) is 6.04 Å². The lowest BCUT2D eigenvalue weighted by Gasteiger charge is -2.20. The second kappa shape index (κ2) is 4.87. The zero-order valence-corrected chi connectivity index (χ0v) is 7.83. The second-order valence-corrected chi connectivity index (χ2v) is 3.10. The van der Waals surface area contributed by atoms with Crippen molar-refractivity contribution in [3.63, 3.8) is 0 Å². The fraction of sp³-hybridized carbons (Fsp3) is 0.750. The number of ketones is 1. The molecule has 12 heavy (non-hydrogen) atoms. The van der Waals surface area contributed by atoms with Crippen molar-refractivity contribution in [1.82, 2.24) is 4.90 Å². The summed E-state index contributed by atoms with van der Waals surface area (Å²) in [4.78, 5) is 23.2. The Morgan fingerprint density at radius 3 is 2.17 bits per heavy atom. The molecule has 1 atom stereocenters. The summed E-state index contributed by atoms with van der Waals surface area (Å²) in [6, 6.07) is -0.183. The molecule has 4 heteroatoms. The van der Waals surface area contributed by atoms with Crippen molar-refractivity contribution in [2.75, 3.05) is 14.1 Å². The van der Waals surface area contributed by atoms with Gasteiger partial charge in [-0.2, -0.15) is 0 Å². The van der Waals surface area contributed by atoms with Gasteiger partial charge in [0.1, 0.15) is 5.78 Å². The number of hydrogen-bond acceptors (Lipinski definition) is 3. The number of nitrogens with zero attached hydrogens (tertiary/aromatic N) is 1. The molecule has 0 bridgehead atoms. The van der Waals surface area contributed by atoms with E-state index in [1.54, 1.807) is 4.90 Å². The number of nitrogens with two attached hydrogens (primary N) is 1. The summed E-state index contributed by atoms with van der Waals surface area (Å²) in [6.45, 7) is 1.52. The topological polar surface area (TPSA) is 63.4 Å². The van der Waals surface area contributed by atoms with Crippen LogP contribution in [0.3, 0.4) is 0 Å². The number of likely N-dealkylation sites (N-methyl/N-ethyl adjacent to an activating group) is 1. The monoisotopic (exact) mass is 172 g/mol. The fourth-order valence-electron chi connectivity index (χ4n) is 1.10. The lowest BCUT2D eigenvalue weighted by atomic mass is 10.1. The van der Waals surface area contributed by atoms with Gasteiger partial charge in [-0.1, -0.05) is 0 Å². The van der Waals surface area contributed by atoms with Gasteiger partial charge < -0.3 is 5.73 Å². The molecular formula is C8H16N2O2. The van der Waals surface area contributed by atoms with Gasteiger partial charge in [-0.05, 0) is 27.4 Å². The van der Waals surface area contributed by atoms with Gasteiger partial charge in [0, 0.05) is 6.42 Å². The van der Waals surface area contributed by atoms with Crippen molar-refractivity contribution in [3.05, 3.63) is 0 Å². The van der Waals surface area contributed by atoms with E-state index in [4.69, 9.17) is 5.73 Å². The fourth-order valence-corrected chi connectivity index (χ4v) is 1.10. The first-order valence-corrected chi connectivity index (χ1v) is 3.90. The van der Waals surface area contributed by atoms with Crippen molar-refractivity contribution in [3.8, 4) is 0 Å². The third kappa shape index (κ3) is 4.08. The highest BCUT2D eigenvalue weighted by molar-refractivity contribution is 5.82. The van der Waals surface area contributed by atoms with E-state index >= 15 is 0 Å². The van der Waals surface area contributed by atoms with Crippen LogP contribution in [0, 0.1) is 0 Å². The molecule has 0 saturated carbocycles. The average Bonchev–Trinajstić information content (AvgIpc) is 1.84. The molecule has 2 N–H and O–H groups in total. The summed E-state index contributed by atoms with van der Waals surface area (Å²) in [7, 11) is 3.63. The molecular weight excluding hydrogens is 156 g/mol. The van der Waals surface area contributed by atoms with E-state index in [0.29, 0.717) is 6.42 Å². The lowest BCUT2D eigenvalue weighted by molar-refractivity contribution is -0.122. The molecule has 70 valence electrons.